The number of carbonyl (C=O) groups is 2. The van der Waals surface area contributed by atoms with Crippen LogP contribution in [-0.4, -0.2) is 23.9 Å². The van der Waals surface area contributed by atoms with Gasteiger partial charge in [-0.15, -0.1) is 0 Å². The second-order valence-corrected chi connectivity index (χ2v) is 9.31. The zero-order valence-corrected chi connectivity index (χ0v) is 20.9. The highest BCUT2D eigenvalue weighted by molar-refractivity contribution is 5.92. The Labute approximate surface area is 200 Å². The first kappa shape index (κ1) is 29.3. The molecule has 2 unspecified atom stereocenters. The van der Waals surface area contributed by atoms with Crippen LogP contribution in [0.4, 0.5) is 8.78 Å². The third-order valence-electron chi connectivity index (χ3n) is 6.35. The molecule has 1 rings (SSSR count). The number of carbonyl (C=O) groups excluding carboxylic acids is 2. The molecule has 2 atom stereocenters. The smallest absolute Gasteiger partial charge is 0.279 e. The standard InChI is InChI=1S/C27H46F2N2O2/c1-3-5-7-9-11-13-15-18-22(28)26(32)30-24-20-17-21-25(24)31-27(33)23(29)19-16-14-12-10-8-6-4-2/h18-19,24-25H,3-17,20-21H2,1-2H3,(H,30,32)(H,31,33). The SMILES string of the molecule is CCCCCCCCC=C(F)C(=O)NC1CCCC1NC(=O)C(F)=CCCCCCCCC. The summed E-state index contributed by atoms with van der Waals surface area (Å²) in [7, 11) is 0. The lowest BCUT2D eigenvalue weighted by molar-refractivity contribution is -0.122. The molecular weight excluding hydrogens is 422 g/mol. The molecule has 6 heteroatoms. The monoisotopic (exact) mass is 468 g/mol. The summed E-state index contributed by atoms with van der Waals surface area (Å²) in [6, 6.07) is -0.748. The van der Waals surface area contributed by atoms with Crippen LogP contribution in [0.2, 0.25) is 0 Å². The highest BCUT2D eigenvalue weighted by Gasteiger charge is 2.31. The molecule has 0 bridgehead atoms. The van der Waals surface area contributed by atoms with E-state index in [1.807, 2.05) is 0 Å². The fraction of sp³-hybridized carbons (Fsp3) is 0.778. The fourth-order valence-corrected chi connectivity index (χ4v) is 4.27. The number of hydrogen-bond donors (Lipinski definition) is 2. The number of rotatable bonds is 18. The van der Waals surface area contributed by atoms with Crippen molar-refractivity contribution in [2.24, 2.45) is 0 Å². The Hall–Kier alpha value is -1.72. The summed E-state index contributed by atoms with van der Waals surface area (Å²) in [4.78, 5) is 24.4. The summed E-state index contributed by atoms with van der Waals surface area (Å²) < 4.78 is 28.3. The summed E-state index contributed by atoms with van der Waals surface area (Å²) in [5, 5.41) is 5.36. The summed E-state index contributed by atoms with van der Waals surface area (Å²) in [6.45, 7) is 4.34. The summed E-state index contributed by atoms with van der Waals surface area (Å²) in [6.07, 6.45) is 19.2. The van der Waals surface area contributed by atoms with Gasteiger partial charge in [-0.25, -0.2) is 8.78 Å². The van der Waals surface area contributed by atoms with E-state index < -0.39 is 23.5 Å². The zero-order chi connectivity index (χ0) is 24.3. The summed E-state index contributed by atoms with van der Waals surface area (Å²) in [5.41, 5.74) is 0. The Kier molecular flexibility index (Phi) is 16.6. The van der Waals surface area contributed by atoms with Crippen LogP contribution in [0.25, 0.3) is 0 Å². The van der Waals surface area contributed by atoms with Gasteiger partial charge in [0.2, 0.25) is 0 Å². The fourth-order valence-electron chi connectivity index (χ4n) is 4.27. The molecule has 190 valence electrons. The van der Waals surface area contributed by atoms with Crippen molar-refractivity contribution in [2.45, 2.75) is 135 Å². The van der Waals surface area contributed by atoms with Crippen LogP contribution < -0.4 is 10.6 Å². The van der Waals surface area contributed by atoms with Crippen molar-refractivity contribution in [2.75, 3.05) is 0 Å². The van der Waals surface area contributed by atoms with Crippen molar-refractivity contribution in [3.8, 4) is 0 Å². The van der Waals surface area contributed by atoms with Gasteiger partial charge in [0.05, 0.1) is 0 Å². The second-order valence-electron chi connectivity index (χ2n) is 9.31. The van der Waals surface area contributed by atoms with E-state index in [4.69, 9.17) is 0 Å². The third-order valence-corrected chi connectivity index (χ3v) is 6.35. The molecule has 0 aromatic carbocycles. The van der Waals surface area contributed by atoms with Crippen LogP contribution in [0, 0.1) is 0 Å². The Morgan fingerprint density at radius 1 is 0.667 bits per heavy atom. The first-order valence-electron chi connectivity index (χ1n) is 13.3. The van der Waals surface area contributed by atoms with Crippen molar-refractivity contribution in [3.05, 3.63) is 23.8 Å². The van der Waals surface area contributed by atoms with Crippen molar-refractivity contribution < 1.29 is 18.4 Å². The van der Waals surface area contributed by atoms with Gasteiger partial charge in [-0.1, -0.05) is 78.1 Å². The minimum atomic E-state index is -0.773. The zero-order valence-electron chi connectivity index (χ0n) is 20.9. The summed E-state index contributed by atoms with van der Waals surface area (Å²) in [5.74, 6) is -3.03. The van der Waals surface area contributed by atoms with Crippen LogP contribution in [0.15, 0.2) is 23.8 Å². The number of amides is 2. The van der Waals surface area contributed by atoms with Gasteiger partial charge in [-0.3, -0.25) is 9.59 Å². The van der Waals surface area contributed by atoms with Gasteiger partial charge in [-0.05, 0) is 57.1 Å². The Morgan fingerprint density at radius 2 is 1.03 bits per heavy atom. The molecule has 1 fully saturated rings. The lowest BCUT2D eigenvalue weighted by Crippen LogP contribution is -2.48. The number of halogens is 2. The van der Waals surface area contributed by atoms with E-state index in [1.165, 1.54) is 50.7 Å². The van der Waals surface area contributed by atoms with Gasteiger partial charge in [0.1, 0.15) is 0 Å². The van der Waals surface area contributed by atoms with Crippen LogP contribution in [-0.2, 0) is 9.59 Å². The number of nitrogens with one attached hydrogen (secondary N) is 2. The van der Waals surface area contributed by atoms with Crippen LogP contribution in [0.3, 0.4) is 0 Å². The lowest BCUT2D eigenvalue weighted by Gasteiger charge is -2.21. The normalized spacial score (nSPS) is 19.0. The van der Waals surface area contributed by atoms with E-state index in [0.717, 1.165) is 44.9 Å². The van der Waals surface area contributed by atoms with Gasteiger partial charge in [0.15, 0.2) is 11.7 Å². The third kappa shape index (κ3) is 13.5. The highest BCUT2D eigenvalue weighted by atomic mass is 19.1. The molecule has 2 amide bonds. The minimum absolute atomic E-state index is 0.374. The predicted molar refractivity (Wildman–Crippen MR) is 132 cm³/mol. The highest BCUT2D eigenvalue weighted by Crippen LogP contribution is 2.21. The average Bonchev–Trinajstić information content (AvgIpc) is 3.23. The van der Waals surface area contributed by atoms with Crippen LogP contribution in [0.1, 0.15) is 123 Å². The molecule has 1 aliphatic rings. The molecule has 0 saturated heterocycles. The Morgan fingerprint density at radius 3 is 1.42 bits per heavy atom. The number of unbranched alkanes of at least 4 members (excludes halogenated alkanes) is 12. The Balaban J connectivity index is 2.34. The van der Waals surface area contributed by atoms with E-state index in [0.29, 0.717) is 25.7 Å². The van der Waals surface area contributed by atoms with Gasteiger partial charge < -0.3 is 10.6 Å². The molecule has 1 saturated carbocycles. The van der Waals surface area contributed by atoms with E-state index in [2.05, 4.69) is 24.5 Å². The van der Waals surface area contributed by atoms with Crippen LogP contribution >= 0.6 is 0 Å². The van der Waals surface area contributed by atoms with Crippen molar-refractivity contribution in [1.29, 1.82) is 0 Å². The molecule has 0 aromatic heterocycles. The molecule has 4 nitrogen and oxygen atoms in total. The molecule has 0 radical (unpaired) electrons. The van der Waals surface area contributed by atoms with E-state index in [-0.39, 0.29) is 12.1 Å². The molecule has 0 heterocycles. The maximum absolute atomic E-state index is 14.2. The average molecular weight is 469 g/mol. The van der Waals surface area contributed by atoms with Gasteiger partial charge in [0.25, 0.3) is 11.8 Å². The topological polar surface area (TPSA) is 58.2 Å². The van der Waals surface area contributed by atoms with E-state index in [9.17, 15) is 18.4 Å². The molecule has 0 aromatic rings. The minimum Gasteiger partial charge on any atom is -0.345 e. The molecule has 1 aliphatic carbocycles. The number of allylic oxidation sites excluding steroid dienone is 2. The molecular formula is C27H46F2N2O2. The second kappa shape index (κ2) is 18.7. The van der Waals surface area contributed by atoms with Gasteiger partial charge in [0, 0.05) is 12.1 Å². The Bertz CT molecular complexity index is 567. The maximum atomic E-state index is 14.2. The predicted octanol–water partition coefficient (Wildman–Crippen LogP) is 7.35. The van der Waals surface area contributed by atoms with E-state index in [1.54, 1.807) is 0 Å². The number of hydrogen-bond acceptors (Lipinski definition) is 2. The molecule has 33 heavy (non-hydrogen) atoms. The first-order chi connectivity index (χ1) is 16.0. The quantitative estimate of drug-likeness (QED) is 0.163. The maximum Gasteiger partial charge on any atom is 0.279 e. The van der Waals surface area contributed by atoms with Gasteiger partial charge in [-0.2, -0.15) is 0 Å². The largest absolute Gasteiger partial charge is 0.345 e. The summed E-state index contributed by atoms with van der Waals surface area (Å²) >= 11 is 0. The molecule has 0 aliphatic heterocycles. The molecule has 0 spiro atoms. The first-order valence-corrected chi connectivity index (χ1v) is 13.3. The van der Waals surface area contributed by atoms with Gasteiger partial charge >= 0.3 is 0 Å². The van der Waals surface area contributed by atoms with Crippen molar-refractivity contribution in [1.82, 2.24) is 10.6 Å². The lowest BCUT2D eigenvalue weighted by atomic mass is 10.1. The van der Waals surface area contributed by atoms with E-state index >= 15 is 0 Å². The van der Waals surface area contributed by atoms with Crippen molar-refractivity contribution >= 4 is 11.8 Å². The van der Waals surface area contributed by atoms with Crippen LogP contribution in [0.5, 0.6) is 0 Å². The molecule has 2 N–H and O–H groups in total. The van der Waals surface area contributed by atoms with Crippen molar-refractivity contribution in [3.63, 3.8) is 0 Å².